The highest BCUT2D eigenvalue weighted by atomic mass is 14.2. The summed E-state index contributed by atoms with van der Waals surface area (Å²) in [5, 5.41) is 0. The minimum atomic E-state index is 1.06. The summed E-state index contributed by atoms with van der Waals surface area (Å²) in [5.74, 6) is 0. The van der Waals surface area contributed by atoms with Gasteiger partial charge in [0.15, 0.2) is 0 Å². The molecule has 114 valence electrons. The van der Waals surface area contributed by atoms with Crippen LogP contribution >= 0.6 is 0 Å². The Morgan fingerprint density at radius 2 is 1.35 bits per heavy atom. The Balaban J connectivity index is 1.82. The van der Waals surface area contributed by atoms with Gasteiger partial charge in [-0.3, -0.25) is 0 Å². The van der Waals surface area contributed by atoms with E-state index in [0.29, 0.717) is 0 Å². The average Bonchev–Trinajstić information content (AvgIpc) is 2.89. The zero-order valence-electron chi connectivity index (χ0n) is 14.3. The third-order valence-corrected chi connectivity index (χ3v) is 5.30. The summed E-state index contributed by atoms with van der Waals surface area (Å²) in [6.07, 6.45) is 1.06. The van der Waals surface area contributed by atoms with Crippen LogP contribution in [0.4, 0.5) is 0 Å². The van der Waals surface area contributed by atoms with Gasteiger partial charge in [-0.2, -0.15) is 0 Å². The summed E-state index contributed by atoms with van der Waals surface area (Å²) >= 11 is 0. The summed E-state index contributed by atoms with van der Waals surface area (Å²) in [6, 6.07) is 18.4. The molecular formula is C23H22. The molecule has 0 saturated heterocycles. The van der Waals surface area contributed by atoms with Crippen molar-refractivity contribution < 1.29 is 0 Å². The van der Waals surface area contributed by atoms with Gasteiger partial charge >= 0.3 is 0 Å². The Morgan fingerprint density at radius 3 is 2.09 bits per heavy atom. The minimum Gasteiger partial charge on any atom is -0.0590 e. The Morgan fingerprint density at radius 1 is 0.609 bits per heavy atom. The molecule has 0 heterocycles. The van der Waals surface area contributed by atoms with Crippen LogP contribution in [0.3, 0.4) is 0 Å². The molecule has 3 aromatic carbocycles. The number of rotatable bonds is 1. The molecule has 0 amide bonds. The standard InChI is InChI=1S/C23H22/c1-14-5-6-19-13-21-12-18(7-8-22(21)23(19)9-14)20-10-15(2)17(4)16(3)11-20/h5-12H,13H2,1-4H3. The zero-order valence-corrected chi connectivity index (χ0v) is 14.3. The molecular weight excluding hydrogens is 276 g/mol. The lowest BCUT2D eigenvalue weighted by molar-refractivity contribution is 1.25. The lowest BCUT2D eigenvalue weighted by Gasteiger charge is -2.11. The van der Waals surface area contributed by atoms with Crippen LogP contribution in [0, 0.1) is 27.7 Å². The van der Waals surface area contributed by atoms with Crippen molar-refractivity contribution in [2.45, 2.75) is 34.1 Å². The first kappa shape index (κ1) is 14.3. The van der Waals surface area contributed by atoms with Crippen LogP contribution in [-0.2, 0) is 6.42 Å². The number of benzene rings is 3. The van der Waals surface area contributed by atoms with Crippen LogP contribution < -0.4 is 0 Å². The summed E-state index contributed by atoms with van der Waals surface area (Å²) in [5.41, 5.74) is 13.9. The normalized spacial score (nSPS) is 12.2. The highest BCUT2D eigenvalue weighted by Gasteiger charge is 2.19. The third-order valence-electron chi connectivity index (χ3n) is 5.30. The van der Waals surface area contributed by atoms with E-state index in [1.807, 2.05) is 0 Å². The van der Waals surface area contributed by atoms with E-state index in [1.54, 1.807) is 0 Å². The molecule has 0 saturated carbocycles. The van der Waals surface area contributed by atoms with Gasteiger partial charge < -0.3 is 0 Å². The largest absolute Gasteiger partial charge is 0.0590 e. The van der Waals surface area contributed by atoms with E-state index in [-0.39, 0.29) is 0 Å². The summed E-state index contributed by atoms with van der Waals surface area (Å²) in [4.78, 5) is 0. The fourth-order valence-electron chi connectivity index (χ4n) is 3.69. The van der Waals surface area contributed by atoms with E-state index in [1.165, 1.54) is 55.6 Å². The first-order valence-electron chi connectivity index (χ1n) is 8.34. The van der Waals surface area contributed by atoms with E-state index in [9.17, 15) is 0 Å². The van der Waals surface area contributed by atoms with Crippen LogP contribution in [0.25, 0.3) is 22.3 Å². The van der Waals surface area contributed by atoms with Crippen molar-refractivity contribution in [2.24, 2.45) is 0 Å². The van der Waals surface area contributed by atoms with Gasteiger partial charge in [-0.05, 0) is 84.2 Å². The highest BCUT2D eigenvalue weighted by molar-refractivity contribution is 5.80. The summed E-state index contributed by atoms with van der Waals surface area (Å²) in [7, 11) is 0. The molecule has 1 aliphatic rings. The van der Waals surface area contributed by atoms with Crippen molar-refractivity contribution in [3.63, 3.8) is 0 Å². The number of fused-ring (bicyclic) bond motifs is 3. The van der Waals surface area contributed by atoms with Crippen LogP contribution in [0.2, 0.25) is 0 Å². The van der Waals surface area contributed by atoms with Crippen molar-refractivity contribution in [2.75, 3.05) is 0 Å². The summed E-state index contributed by atoms with van der Waals surface area (Å²) in [6.45, 7) is 8.79. The van der Waals surface area contributed by atoms with Gasteiger partial charge in [-0.1, -0.05) is 54.1 Å². The van der Waals surface area contributed by atoms with Gasteiger partial charge in [-0.25, -0.2) is 0 Å². The topological polar surface area (TPSA) is 0 Å². The number of hydrogen-bond acceptors (Lipinski definition) is 0. The monoisotopic (exact) mass is 298 g/mol. The minimum absolute atomic E-state index is 1.06. The maximum atomic E-state index is 2.38. The molecule has 0 fully saturated rings. The Labute approximate surface area is 138 Å². The van der Waals surface area contributed by atoms with Crippen molar-refractivity contribution in [3.05, 3.63) is 81.9 Å². The number of hydrogen-bond donors (Lipinski definition) is 0. The Kier molecular flexibility index (Phi) is 3.16. The van der Waals surface area contributed by atoms with E-state index in [4.69, 9.17) is 0 Å². The van der Waals surface area contributed by atoms with Crippen LogP contribution in [0.15, 0.2) is 48.5 Å². The Hall–Kier alpha value is -2.34. The van der Waals surface area contributed by atoms with Crippen LogP contribution in [-0.4, -0.2) is 0 Å². The van der Waals surface area contributed by atoms with Gasteiger partial charge in [0.25, 0.3) is 0 Å². The van der Waals surface area contributed by atoms with Crippen molar-refractivity contribution in [3.8, 4) is 22.3 Å². The highest BCUT2D eigenvalue weighted by Crippen LogP contribution is 2.39. The molecule has 0 unspecified atom stereocenters. The maximum Gasteiger partial charge on any atom is -0.00132 e. The molecule has 0 aliphatic heterocycles. The van der Waals surface area contributed by atoms with E-state index in [2.05, 4.69) is 76.2 Å². The average molecular weight is 298 g/mol. The van der Waals surface area contributed by atoms with E-state index < -0.39 is 0 Å². The van der Waals surface area contributed by atoms with E-state index >= 15 is 0 Å². The Bertz CT molecular complexity index is 906. The molecule has 4 rings (SSSR count). The molecule has 23 heavy (non-hydrogen) atoms. The predicted octanol–water partition coefficient (Wildman–Crippen LogP) is 6.16. The second-order valence-electron chi connectivity index (χ2n) is 6.94. The van der Waals surface area contributed by atoms with Gasteiger partial charge in [0.2, 0.25) is 0 Å². The van der Waals surface area contributed by atoms with Crippen LogP contribution in [0.5, 0.6) is 0 Å². The van der Waals surface area contributed by atoms with Gasteiger partial charge in [0.05, 0.1) is 0 Å². The van der Waals surface area contributed by atoms with Crippen molar-refractivity contribution in [1.82, 2.24) is 0 Å². The smallest absolute Gasteiger partial charge is 0.00132 e. The molecule has 0 bridgehead atoms. The van der Waals surface area contributed by atoms with Crippen LogP contribution in [0.1, 0.15) is 33.4 Å². The second-order valence-corrected chi connectivity index (χ2v) is 6.94. The molecule has 0 heteroatoms. The first-order valence-corrected chi connectivity index (χ1v) is 8.34. The molecule has 0 atom stereocenters. The fraction of sp³-hybridized carbons (Fsp3) is 0.217. The lowest BCUT2D eigenvalue weighted by Crippen LogP contribution is -1.90. The van der Waals surface area contributed by atoms with Gasteiger partial charge in [0.1, 0.15) is 0 Å². The number of aryl methyl sites for hydroxylation is 3. The van der Waals surface area contributed by atoms with E-state index in [0.717, 1.165) is 6.42 Å². The lowest BCUT2D eigenvalue weighted by atomic mass is 9.94. The quantitative estimate of drug-likeness (QED) is 0.395. The second kappa shape index (κ2) is 5.09. The zero-order chi connectivity index (χ0) is 16.1. The molecule has 0 N–H and O–H groups in total. The molecule has 0 spiro atoms. The predicted molar refractivity (Wildman–Crippen MR) is 99.1 cm³/mol. The molecule has 1 aliphatic carbocycles. The molecule has 0 radical (unpaired) electrons. The summed E-state index contributed by atoms with van der Waals surface area (Å²) < 4.78 is 0. The SMILES string of the molecule is Cc1ccc2c(c1)-c1ccc(-c3cc(C)c(C)c(C)c3)cc1C2. The van der Waals surface area contributed by atoms with Crippen molar-refractivity contribution >= 4 is 0 Å². The van der Waals surface area contributed by atoms with Gasteiger partial charge in [0, 0.05) is 0 Å². The fourth-order valence-corrected chi connectivity index (χ4v) is 3.69. The molecule has 3 aromatic rings. The van der Waals surface area contributed by atoms with Gasteiger partial charge in [-0.15, -0.1) is 0 Å². The maximum absolute atomic E-state index is 2.38. The third kappa shape index (κ3) is 2.30. The first-order chi connectivity index (χ1) is 11.0. The molecule has 0 nitrogen and oxygen atoms in total. The molecule has 0 aromatic heterocycles. The van der Waals surface area contributed by atoms with Crippen molar-refractivity contribution in [1.29, 1.82) is 0 Å².